The second-order valence-electron chi connectivity index (χ2n) is 5.61. The minimum Gasteiger partial charge on any atom is -0.481 e. The number of nitrogens with two attached hydrogens (primary N) is 1. The first-order valence-electron chi connectivity index (χ1n) is 7.69. The number of amides is 2. The normalized spacial score (nSPS) is 16.3. The van der Waals surface area contributed by atoms with Gasteiger partial charge in [-0.3, -0.25) is 19.3 Å². The molecule has 24 heavy (non-hydrogen) atoms. The predicted molar refractivity (Wildman–Crippen MR) is 86.6 cm³/mol. The van der Waals surface area contributed by atoms with Crippen LogP contribution in [0.4, 0.5) is 5.69 Å². The van der Waals surface area contributed by atoms with Gasteiger partial charge in [0, 0.05) is 26.1 Å². The van der Waals surface area contributed by atoms with Crippen LogP contribution in [-0.2, 0) is 14.3 Å². The fraction of sp³-hybridized carbons (Fsp3) is 0.438. The average Bonchev–Trinajstić information content (AvgIpc) is 2.55. The number of carboxylic acids is 1. The van der Waals surface area contributed by atoms with Crippen LogP contribution in [0, 0.1) is 5.92 Å². The molecule has 1 saturated heterocycles. The molecule has 1 aromatic carbocycles. The number of nitrogens with zero attached hydrogens (tertiary/aromatic N) is 1. The van der Waals surface area contributed by atoms with Gasteiger partial charge < -0.3 is 20.9 Å². The summed E-state index contributed by atoms with van der Waals surface area (Å²) in [5.41, 5.74) is 5.73. The molecule has 1 atom stereocenters. The van der Waals surface area contributed by atoms with Crippen molar-refractivity contribution in [1.29, 1.82) is 0 Å². The summed E-state index contributed by atoms with van der Waals surface area (Å²) >= 11 is 0. The summed E-state index contributed by atoms with van der Waals surface area (Å²) in [4.78, 5) is 36.9. The molecule has 0 spiro atoms. The number of primary amides is 1. The van der Waals surface area contributed by atoms with Crippen LogP contribution in [0.5, 0.6) is 0 Å². The lowest BCUT2D eigenvalue weighted by atomic mass is 10.0. The lowest BCUT2D eigenvalue weighted by Crippen LogP contribution is -2.42. The van der Waals surface area contributed by atoms with Crippen molar-refractivity contribution in [3.05, 3.63) is 29.8 Å². The zero-order valence-electron chi connectivity index (χ0n) is 13.2. The van der Waals surface area contributed by atoms with Crippen molar-refractivity contribution < 1.29 is 24.2 Å². The van der Waals surface area contributed by atoms with Crippen molar-refractivity contribution in [1.82, 2.24) is 4.90 Å². The molecule has 2 amide bonds. The third-order valence-corrected chi connectivity index (χ3v) is 3.83. The molecule has 2 rings (SSSR count). The number of nitrogens with one attached hydrogen (secondary N) is 1. The first-order chi connectivity index (χ1) is 11.5. The Hall–Kier alpha value is -2.45. The number of carboxylic acid groups (broad SMARTS) is 1. The van der Waals surface area contributed by atoms with Crippen LogP contribution >= 0.6 is 0 Å². The SMILES string of the molecule is NC(=O)c1ccccc1NC(=O)C[C@@H](CN1CCOCC1)C(=O)O. The van der Waals surface area contributed by atoms with E-state index in [0.29, 0.717) is 26.3 Å². The Bertz CT molecular complexity index is 613. The topological polar surface area (TPSA) is 122 Å². The molecule has 1 aliphatic rings. The molecule has 8 heteroatoms. The van der Waals surface area contributed by atoms with Gasteiger partial charge in [0.2, 0.25) is 5.91 Å². The minimum absolute atomic E-state index is 0.181. The maximum Gasteiger partial charge on any atom is 0.308 e. The lowest BCUT2D eigenvalue weighted by Gasteiger charge is -2.28. The maximum atomic E-state index is 12.2. The molecule has 1 fully saturated rings. The van der Waals surface area contributed by atoms with Gasteiger partial charge in [0.05, 0.1) is 30.4 Å². The standard InChI is InChI=1S/C16H21N3O5/c17-15(21)12-3-1-2-4-13(12)18-14(20)9-11(16(22)23)10-19-5-7-24-8-6-19/h1-4,11H,5-10H2,(H2,17,21)(H,18,20)(H,22,23)/t11-/m0/s1. The first-order valence-corrected chi connectivity index (χ1v) is 7.69. The zero-order valence-corrected chi connectivity index (χ0v) is 13.2. The van der Waals surface area contributed by atoms with E-state index in [1.807, 2.05) is 4.90 Å². The molecule has 0 unspecified atom stereocenters. The summed E-state index contributed by atoms with van der Waals surface area (Å²) in [5, 5.41) is 11.9. The molecule has 130 valence electrons. The fourth-order valence-electron chi connectivity index (χ4n) is 2.56. The number of hydrogen-bond donors (Lipinski definition) is 3. The van der Waals surface area contributed by atoms with Crippen LogP contribution < -0.4 is 11.1 Å². The van der Waals surface area contributed by atoms with E-state index in [9.17, 15) is 19.5 Å². The third-order valence-electron chi connectivity index (χ3n) is 3.83. The van der Waals surface area contributed by atoms with Crippen molar-refractivity contribution in [2.24, 2.45) is 11.7 Å². The third kappa shape index (κ3) is 5.04. The quantitative estimate of drug-likeness (QED) is 0.652. The van der Waals surface area contributed by atoms with Gasteiger partial charge in [0.15, 0.2) is 0 Å². The number of carbonyl (C=O) groups excluding carboxylic acids is 2. The highest BCUT2D eigenvalue weighted by Gasteiger charge is 2.25. The Balaban J connectivity index is 1.98. The van der Waals surface area contributed by atoms with E-state index < -0.39 is 23.7 Å². The molecule has 0 aliphatic carbocycles. The molecule has 0 radical (unpaired) electrons. The number of para-hydroxylation sites is 1. The van der Waals surface area contributed by atoms with Crippen LogP contribution in [0.2, 0.25) is 0 Å². The van der Waals surface area contributed by atoms with E-state index in [1.54, 1.807) is 18.2 Å². The Morgan fingerprint density at radius 1 is 1.25 bits per heavy atom. The van der Waals surface area contributed by atoms with Crippen molar-refractivity contribution in [2.75, 3.05) is 38.2 Å². The Morgan fingerprint density at radius 2 is 1.92 bits per heavy atom. The van der Waals surface area contributed by atoms with Crippen molar-refractivity contribution in [2.45, 2.75) is 6.42 Å². The molecular formula is C16H21N3O5. The summed E-state index contributed by atoms with van der Waals surface area (Å²) in [6, 6.07) is 6.34. The first kappa shape index (κ1) is 17.9. The van der Waals surface area contributed by atoms with E-state index in [0.717, 1.165) is 0 Å². The molecule has 4 N–H and O–H groups in total. The van der Waals surface area contributed by atoms with E-state index in [1.165, 1.54) is 6.07 Å². The lowest BCUT2D eigenvalue weighted by molar-refractivity contribution is -0.144. The summed E-state index contributed by atoms with van der Waals surface area (Å²) in [5.74, 6) is -2.98. The van der Waals surface area contributed by atoms with E-state index in [-0.39, 0.29) is 24.2 Å². The van der Waals surface area contributed by atoms with Crippen LogP contribution in [-0.4, -0.2) is 60.6 Å². The number of hydrogen-bond acceptors (Lipinski definition) is 5. The summed E-state index contributed by atoms with van der Waals surface area (Å²) in [6.07, 6.45) is -0.181. The summed E-state index contributed by atoms with van der Waals surface area (Å²) < 4.78 is 5.23. The highest BCUT2D eigenvalue weighted by molar-refractivity contribution is 6.03. The molecule has 0 bridgehead atoms. The van der Waals surface area contributed by atoms with E-state index >= 15 is 0 Å². The van der Waals surface area contributed by atoms with E-state index in [2.05, 4.69) is 5.32 Å². The second-order valence-corrected chi connectivity index (χ2v) is 5.61. The minimum atomic E-state index is -1.03. The number of benzene rings is 1. The van der Waals surface area contributed by atoms with Crippen LogP contribution in [0.3, 0.4) is 0 Å². The van der Waals surface area contributed by atoms with Crippen molar-refractivity contribution in [3.8, 4) is 0 Å². The predicted octanol–water partition coefficient (Wildman–Crippen LogP) is 0.147. The number of carbonyl (C=O) groups is 3. The van der Waals surface area contributed by atoms with E-state index in [4.69, 9.17) is 10.5 Å². The summed E-state index contributed by atoms with van der Waals surface area (Å²) in [6.45, 7) is 2.70. The monoisotopic (exact) mass is 335 g/mol. The zero-order chi connectivity index (χ0) is 17.5. The smallest absolute Gasteiger partial charge is 0.308 e. The van der Waals surface area contributed by atoms with Crippen LogP contribution in [0.15, 0.2) is 24.3 Å². The van der Waals surface area contributed by atoms with Gasteiger partial charge in [-0.15, -0.1) is 0 Å². The number of ether oxygens (including phenoxy) is 1. The number of aliphatic carboxylic acids is 1. The molecule has 1 aliphatic heterocycles. The van der Waals surface area contributed by atoms with Gasteiger partial charge in [0.25, 0.3) is 5.91 Å². The van der Waals surface area contributed by atoms with Crippen molar-refractivity contribution in [3.63, 3.8) is 0 Å². The molecule has 0 saturated carbocycles. The van der Waals surface area contributed by atoms with Crippen molar-refractivity contribution >= 4 is 23.5 Å². The van der Waals surface area contributed by atoms with Gasteiger partial charge in [0.1, 0.15) is 0 Å². The van der Waals surface area contributed by atoms with Crippen LogP contribution in [0.25, 0.3) is 0 Å². The van der Waals surface area contributed by atoms with Crippen LogP contribution in [0.1, 0.15) is 16.8 Å². The number of rotatable bonds is 7. The molecular weight excluding hydrogens is 314 g/mol. The Morgan fingerprint density at radius 3 is 2.54 bits per heavy atom. The Kier molecular flexibility index (Phi) is 6.28. The highest BCUT2D eigenvalue weighted by Crippen LogP contribution is 2.16. The number of morpholine rings is 1. The number of anilines is 1. The average molecular weight is 335 g/mol. The van der Waals surface area contributed by atoms with Gasteiger partial charge >= 0.3 is 5.97 Å². The molecule has 8 nitrogen and oxygen atoms in total. The van der Waals surface area contributed by atoms with Gasteiger partial charge in [-0.05, 0) is 12.1 Å². The van der Waals surface area contributed by atoms with Gasteiger partial charge in [-0.25, -0.2) is 0 Å². The highest BCUT2D eigenvalue weighted by atomic mass is 16.5. The molecule has 0 aromatic heterocycles. The fourth-order valence-corrected chi connectivity index (χ4v) is 2.56. The largest absolute Gasteiger partial charge is 0.481 e. The van der Waals surface area contributed by atoms with Gasteiger partial charge in [-0.2, -0.15) is 0 Å². The molecule has 1 aromatic rings. The van der Waals surface area contributed by atoms with Gasteiger partial charge in [-0.1, -0.05) is 12.1 Å². The maximum absolute atomic E-state index is 12.2. The second kappa shape index (κ2) is 8.42. The Labute approximate surface area is 139 Å². The summed E-state index contributed by atoms with van der Waals surface area (Å²) in [7, 11) is 0. The molecule has 1 heterocycles.